The number of sulfonamides is 1. The Morgan fingerprint density at radius 2 is 1.90 bits per heavy atom. The van der Waals surface area contributed by atoms with Gasteiger partial charge in [0.05, 0.1) is 10.9 Å². The van der Waals surface area contributed by atoms with Gasteiger partial charge in [-0.25, -0.2) is 8.42 Å². The summed E-state index contributed by atoms with van der Waals surface area (Å²) in [5.41, 5.74) is 1.67. The molecule has 1 saturated heterocycles. The van der Waals surface area contributed by atoms with Crippen LogP contribution in [0.3, 0.4) is 0 Å². The van der Waals surface area contributed by atoms with Gasteiger partial charge in [-0.15, -0.1) is 0 Å². The zero-order valence-corrected chi connectivity index (χ0v) is 20.2. The van der Waals surface area contributed by atoms with E-state index in [4.69, 9.17) is 0 Å². The Morgan fingerprint density at radius 3 is 2.48 bits per heavy atom. The molecule has 2 unspecified atom stereocenters. The largest absolute Gasteiger partial charge is 0.350 e. The van der Waals surface area contributed by atoms with E-state index in [2.05, 4.69) is 40.9 Å². The minimum atomic E-state index is -3.53. The Balaban J connectivity index is 1.68. The fourth-order valence-electron chi connectivity index (χ4n) is 4.22. The molecule has 2 atom stereocenters. The summed E-state index contributed by atoms with van der Waals surface area (Å²) in [6, 6.07) is 8.53. The lowest BCUT2D eigenvalue weighted by Gasteiger charge is -2.32. The van der Waals surface area contributed by atoms with E-state index < -0.39 is 10.0 Å². The molecule has 1 fully saturated rings. The first-order chi connectivity index (χ1) is 14.9. The topological polar surface area (TPSA) is 69.7 Å². The molecule has 6 nitrogen and oxygen atoms in total. The highest BCUT2D eigenvalue weighted by atomic mass is 32.2. The molecule has 1 aromatic heterocycles. The molecule has 1 N–H and O–H groups in total. The molecule has 8 heteroatoms. The maximum absolute atomic E-state index is 13.0. The maximum Gasteiger partial charge on any atom is 0.251 e. The molecule has 0 spiro atoms. The number of hydrogen-bond donors (Lipinski definition) is 1. The highest BCUT2D eigenvalue weighted by molar-refractivity contribution is 7.89. The van der Waals surface area contributed by atoms with Gasteiger partial charge in [0.15, 0.2) is 0 Å². The molecule has 1 amide bonds. The second-order valence-corrected chi connectivity index (χ2v) is 10.7. The van der Waals surface area contributed by atoms with E-state index >= 15 is 0 Å². The summed E-state index contributed by atoms with van der Waals surface area (Å²) in [6.07, 6.45) is 2.84. The quantitative estimate of drug-likeness (QED) is 0.607. The summed E-state index contributed by atoms with van der Waals surface area (Å²) in [6.45, 7) is 9.05. The highest BCUT2D eigenvalue weighted by Gasteiger charge is 2.31. The molecule has 1 aromatic carbocycles. The molecule has 0 aliphatic carbocycles. The molecule has 3 rings (SSSR count). The van der Waals surface area contributed by atoms with Crippen molar-refractivity contribution in [2.45, 2.75) is 57.0 Å². The molecule has 170 valence electrons. The molecular weight excluding hydrogens is 430 g/mol. The number of rotatable bonds is 9. The van der Waals surface area contributed by atoms with Crippen molar-refractivity contribution in [2.24, 2.45) is 0 Å². The molecule has 2 heterocycles. The van der Waals surface area contributed by atoms with Crippen molar-refractivity contribution < 1.29 is 13.2 Å². The van der Waals surface area contributed by atoms with Crippen molar-refractivity contribution in [3.63, 3.8) is 0 Å². The fraction of sp³-hybridized carbons (Fsp3) is 0.522. The Labute approximate surface area is 190 Å². The first-order valence-electron chi connectivity index (χ1n) is 11.0. The Bertz CT molecular complexity index is 939. The summed E-state index contributed by atoms with van der Waals surface area (Å²) in [7, 11) is -3.53. The first kappa shape index (κ1) is 23.9. The van der Waals surface area contributed by atoms with Gasteiger partial charge in [0.1, 0.15) is 0 Å². The van der Waals surface area contributed by atoms with Gasteiger partial charge in [-0.1, -0.05) is 20.3 Å². The number of thiophene rings is 1. The molecule has 31 heavy (non-hydrogen) atoms. The molecule has 1 aliphatic rings. The normalized spacial score (nSPS) is 18.8. The zero-order chi connectivity index (χ0) is 22.4. The van der Waals surface area contributed by atoms with E-state index in [1.807, 2.05) is 6.92 Å². The van der Waals surface area contributed by atoms with Gasteiger partial charge >= 0.3 is 0 Å². The summed E-state index contributed by atoms with van der Waals surface area (Å²) in [5, 5.41) is 7.20. The lowest BCUT2D eigenvalue weighted by atomic mass is 10.1. The number of carbonyl (C=O) groups is 1. The van der Waals surface area contributed by atoms with Crippen LogP contribution in [0, 0.1) is 0 Å². The Hall–Kier alpha value is -1.74. The number of benzene rings is 1. The van der Waals surface area contributed by atoms with Crippen LogP contribution in [0.1, 0.15) is 62.0 Å². The number of piperidine rings is 1. The van der Waals surface area contributed by atoms with Crippen molar-refractivity contribution in [3.8, 4) is 0 Å². The summed E-state index contributed by atoms with van der Waals surface area (Å²) in [5.74, 6) is -0.192. The van der Waals surface area contributed by atoms with Crippen molar-refractivity contribution in [2.75, 3.05) is 26.2 Å². The third kappa shape index (κ3) is 5.55. The number of hydrogen-bond acceptors (Lipinski definition) is 5. The van der Waals surface area contributed by atoms with Crippen LogP contribution in [-0.2, 0) is 10.0 Å². The molecule has 1 aliphatic heterocycles. The third-order valence-electron chi connectivity index (χ3n) is 6.10. The van der Waals surface area contributed by atoms with Crippen LogP contribution < -0.4 is 5.32 Å². The van der Waals surface area contributed by atoms with Gasteiger partial charge in [0, 0.05) is 24.7 Å². The van der Waals surface area contributed by atoms with E-state index in [-0.39, 0.29) is 22.9 Å². The monoisotopic (exact) mass is 463 g/mol. The van der Waals surface area contributed by atoms with E-state index in [1.165, 1.54) is 5.56 Å². The predicted molar refractivity (Wildman–Crippen MR) is 126 cm³/mol. The van der Waals surface area contributed by atoms with Gasteiger partial charge < -0.3 is 5.32 Å². The fourth-order valence-corrected chi connectivity index (χ4v) is 6.63. The predicted octanol–water partition coefficient (Wildman–Crippen LogP) is 4.12. The van der Waals surface area contributed by atoms with Gasteiger partial charge in [0.25, 0.3) is 5.91 Å². The second kappa shape index (κ2) is 10.7. The van der Waals surface area contributed by atoms with Gasteiger partial charge in [0.2, 0.25) is 10.0 Å². The summed E-state index contributed by atoms with van der Waals surface area (Å²) >= 11 is 1.65. The standard InChI is InChI=1S/C23H33N3O3S2/c1-4-25(5-2)22(20-13-15-30-17-20)16-24-23(27)19-9-11-21(12-10-19)31(28,29)26-14-7-6-8-18(26)3/h9-13,15,17-18,22H,4-8,14,16H2,1-3H3,(H,24,27). The van der Waals surface area contributed by atoms with Gasteiger partial charge in [-0.2, -0.15) is 15.6 Å². The van der Waals surface area contributed by atoms with Crippen LogP contribution in [0.5, 0.6) is 0 Å². The third-order valence-corrected chi connectivity index (χ3v) is 8.83. The zero-order valence-electron chi connectivity index (χ0n) is 18.6. The maximum atomic E-state index is 13.0. The molecule has 0 bridgehead atoms. The Morgan fingerprint density at radius 1 is 1.19 bits per heavy atom. The van der Waals surface area contributed by atoms with Crippen molar-refractivity contribution >= 4 is 27.3 Å². The van der Waals surface area contributed by atoms with E-state index in [0.717, 1.165) is 32.4 Å². The van der Waals surface area contributed by atoms with Gasteiger partial charge in [-0.3, -0.25) is 9.69 Å². The lowest BCUT2D eigenvalue weighted by Crippen LogP contribution is -2.41. The van der Waals surface area contributed by atoms with Crippen molar-refractivity contribution in [3.05, 3.63) is 52.2 Å². The molecule has 2 aromatic rings. The van der Waals surface area contributed by atoms with Crippen LogP contribution in [0.25, 0.3) is 0 Å². The van der Waals surface area contributed by atoms with Crippen LogP contribution >= 0.6 is 11.3 Å². The molecular formula is C23H33N3O3S2. The van der Waals surface area contributed by atoms with Crippen LogP contribution in [0.4, 0.5) is 0 Å². The number of likely N-dealkylation sites (N-methyl/N-ethyl adjacent to an activating group) is 1. The smallest absolute Gasteiger partial charge is 0.251 e. The van der Waals surface area contributed by atoms with Gasteiger partial charge in [-0.05, 0) is 79.5 Å². The van der Waals surface area contributed by atoms with E-state index in [0.29, 0.717) is 18.7 Å². The number of carbonyl (C=O) groups excluding carboxylic acids is 1. The average Bonchev–Trinajstić information content (AvgIpc) is 3.31. The second-order valence-electron chi connectivity index (χ2n) is 7.99. The van der Waals surface area contributed by atoms with Crippen molar-refractivity contribution in [1.82, 2.24) is 14.5 Å². The van der Waals surface area contributed by atoms with Crippen LogP contribution in [0.2, 0.25) is 0 Å². The number of nitrogens with zero attached hydrogens (tertiary/aromatic N) is 2. The Kier molecular flexibility index (Phi) is 8.27. The SMILES string of the molecule is CCN(CC)C(CNC(=O)c1ccc(S(=O)(=O)N2CCCCC2C)cc1)c1ccsc1. The minimum absolute atomic E-state index is 0.0100. The highest BCUT2D eigenvalue weighted by Crippen LogP contribution is 2.26. The minimum Gasteiger partial charge on any atom is -0.350 e. The van der Waals surface area contributed by atoms with E-state index in [1.54, 1.807) is 39.9 Å². The lowest BCUT2D eigenvalue weighted by molar-refractivity contribution is 0.0935. The first-order valence-corrected chi connectivity index (χ1v) is 13.4. The number of amides is 1. The average molecular weight is 464 g/mol. The van der Waals surface area contributed by atoms with Crippen LogP contribution in [-0.4, -0.2) is 55.8 Å². The van der Waals surface area contributed by atoms with Crippen LogP contribution in [0.15, 0.2) is 46.0 Å². The van der Waals surface area contributed by atoms with E-state index in [9.17, 15) is 13.2 Å². The molecule has 0 saturated carbocycles. The summed E-state index contributed by atoms with van der Waals surface area (Å²) in [4.78, 5) is 15.3. The number of nitrogens with one attached hydrogen (secondary N) is 1. The molecule has 0 radical (unpaired) electrons. The summed E-state index contributed by atoms with van der Waals surface area (Å²) < 4.78 is 27.6. The van der Waals surface area contributed by atoms with Crippen molar-refractivity contribution in [1.29, 1.82) is 0 Å².